The lowest BCUT2D eigenvalue weighted by Crippen LogP contribution is -2.33. The van der Waals surface area contributed by atoms with Crippen LogP contribution in [0.15, 0.2) is 0 Å². The number of hydrogen-bond donors (Lipinski definition) is 1. The highest BCUT2D eigenvalue weighted by atomic mass is 16.5. The SMILES string of the molecule is CCCNC(C#N)COCC1CCCC1. The molecule has 0 aromatic carbocycles. The van der Waals surface area contributed by atoms with E-state index in [1.165, 1.54) is 25.7 Å². The highest BCUT2D eigenvalue weighted by Gasteiger charge is 2.15. The van der Waals surface area contributed by atoms with E-state index in [2.05, 4.69) is 18.3 Å². The molecule has 86 valence electrons. The highest BCUT2D eigenvalue weighted by molar-refractivity contribution is 4.89. The van der Waals surface area contributed by atoms with E-state index >= 15 is 0 Å². The summed E-state index contributed by atoms with van der Waals surface area (Å²) in [6.07, 6.45) is 6.37. The van der Waals surface area contributed by atoms with E-state index in [1.807, 2.05) is 0 Å². The van der Waals surface area contributed by atoms with Crippen molar-refractivity contribution in [1.29, 1.82) is 5.26 Å². The molecule has 1 rings (SSSR count). The van der Waals surface area contributed by atoms with Crippen LogP contribution in [0.2, 0.25) is 0 Å². The van der Waals surface area contributed by atoms with Crippen LogP contribution in [0.4, 0.5) is 0 Å². The summed E-state index contributed by atoms with van der Waals surface area (Å²) in [5, 5.41) is 12.0. The molecule has 0 saturated heterocycles. The molecular weight excluding hydrogens is 188 g/mol. The van der Waals surface area contributed by atoms with Crippen molar-refractivity contribution < 1.29 is 4.74 Å². The predicted octanol–water partition coefficient (Wildman–Crippen LogP) is 2.08. The minimum atomic E-state index is -0.133. The molecule has 0 aromatic heterocycles. The van der Waals surface area contributed by atoms with Crippen molar-refractivity contribution in [3.05, 3.63) is 0 Å². The summed E-state index contributed by atoms with van der Waals surface area (Å²) < 4.78 is 5.58. The van der Waals surface area contributed by atoms with Crippen LogP contribution >= 0.6 is 0 Å². The van der Waals surface area contributed by atoms with E-state index < -0.39 is 0 Å². The van der Waals surface area contributed by atoms with Crippen LogP contribution in [0, 0.1) is 17.2 Å². The maximum Gasteiger partial charge on any atom is 0.119 e. The van der Waals surface area contributed by atoms with Gasteiger partial charge in [-0.2, -0.15) is 5.26 Å². The van der Waals surface area contributed by atoms with Gasteiger partial charge in [-0.25, -0.2) is 0 Å². The second-order valence-electron chi connectivity index (χ2n) is 4.32. The van der Waals surface area contributed by atoms with E-state index in [0.717, 1.165) is 25.5 Å². The average molecular weight is 210 g/mol. The van der Waals surface area contributed by atoms with E-state index in [1.54, 1.807) is 0 Å². The maximum atomic E-state index is 8.85. The molecule has 0 bridgehead atoms. The van der Waals surface area contributed by atoms with Crippen LogP contribution in [-0.2, 0) is 4.74 Å². The summed E-state index contributed by atoms with van der Waals surface area (Å²) in [6, 6.07) is 2.09. The first kappa shape index (κ1) is 12.5. The van der Waals surface area contributed by atoms with Gasteiger partial charge < -0.3 is 10.1 Å². The van der Waals surface area contributed by atoms with Gasteiger partial charge >= 0.3 is 0 Å². The van der Waals surface area contributed by atoms with Gasteiger partial charge in [-0.1, -0.05) is 19.8 Å². The minimum Gasteiger partial charge on any atom is -0.378 e. The summed E-state index contributed by atoms with van der Waals surface area (Å²) in [7, 11) is 0. The first-order valence-electron chi connectivity index (χ1n) is 6.07. The van der Waals surface area contributed by atoms with Crippen LogP contribution in [0.1, 0.15) is 39.0 Å². The first-order valence-corrected chi connectivity index (χ1v) is 6.07. The van der Waals surface area contributed by atoms with Crippen LogP contribution in [0.3, 0.4) is 0 Å². The number of hydrogen-bond acceptors (Lipinski definition) is 3. The molecular formula is C12H22N2O. The Bertz CT molecular complexity index is 194. The maximum absolute atomic E-state index is 8.85. The van der Waals surface area contributed by atoms with Gasteiger partial charge in [0.05, 0.1) is 12.7 Å². The summed E-state index contributed by atoms with van der Waals surface area (Å²) in [5.41, 5.74) is 0. The Labute approximate surface area is 92.8 Å². The van der Waals surface area contributed by atoms with Gasteiger partial charge in [0, 0.05) is 6.61 Å². The Kier molecular flexibility index (Phi) is 6.38. The number of nitriles is 1. The number of nitrogens with one attached hydrogen (secondary N) is 1. The van der Waals surface area contributed by atoms with Crippen LogP contribution in [0.5, 0.6) is 0 Å². The Morgan fingerprint density at radius 2 is 2.20 bits per heavy atom. The van der Waals surface area contributed by atoms with Gasteiger partial charge in [-0.3, -0.25) is 0 Å². The molecule has 0 spiro atoms. The smallest absolute Gasteiger partial charge is 0.119 e. The summed E-state index contributed by atoms with van der Waals surface area (Å²) in [6.45, 7) is 4.37. The first-order chi connectivity index (χ1) is 7.36. The summed E-state index contributed by atoms with van der Waals surface area (Å²) >= 11 is 0. The lowest BCUT2D eigenvalue weighted by Gasteiger charge is -2.13. The number of nitrogens with zero attached hydrogens (tertiary/aromatic N) is 1. The lowest BCUT2D eigenvalue weighted by molar-refractivity contribution is 0.0926. The monoisotopic (exact) mass is 210 g/mol. The zero-order chi connectivity index (χ0) is 10.9. The molecule has 1 saturated carbocycles. The second-order valence-corrected chi connectivity index (χ2v) is 4.32. The zero-order valence-electron chi connectivity index (χ0n) is 9.67. The van der Waals surface area contributed by atoms with E-state index in [0.29, 0.717) is 6.61 Å². The quantitative estimate of drug-likeness (QED) is 0.699. The average Bonchev–Trinajstić information content (AvgIpc) is 2.76. The Balaban J connectivity index is 2.03. The zero-order valence-corrected chi connectivity index (χ0v) is 9.67. The van der Waals surface area contributed by atoms with Crippen molar-refractivity contribution in [3.63, 3.8) is 0 Å². The predicted molar refractivity (Wildman–Crippen MR) is 60.5 cm³/mol. The van der Waals surface area contributed by atoms with Crippen LogP contribution in [0.25, 0.3) is 0 Å². The van der Waals surface area contributed by atoms with Gasteiger partial charge in [0.2, 0.25) is 0 Å². The number of ether oxygens (including phenoxy) is 1. The Morgan fingerprint density at radius 1 is 1.47 bits per heavy atom. The second kappa shape index (κ2) is 7.67. The summed E-state index contributed by atoms with van der Waals surface area (Å²) in [5.74, 6) is 0.746. The third-order valence-electron chi connectivity index (χ3n) is 2.91. The van der Waals surface area contributed by atoms with Gasteiger partial charge in [0.1, 0.15) is 6.04 Å². The van der Waals surface area contributed by atoms with Gasteiger partial charge in [0.15, 0.2) is 0 Å². The molecule has 1 atom stereocenters. The fourth-order valence-electron chi connectivity index (χ4n) is 1.99. The molecule has 0 heterocycles. The van der Waals surface area contributed by atoms with Crippen molar-refractivity contribution in [2.45, 2.75) is 45.1 Å². The molecule has 1 aliphatic rings. The standard InChI is InChI=1S/C12H22N2O/c1-2-7-14-12(8-13)10-15-9-11-5-3-4-6-11/h11-12,14H,2-7,9-10H2,1H3. The molecule has 1 unspecified atom stereocenters. The van der Waals surface area contributed by atoms with Crippen molar-refractivity contribution in [2.24, 2.45) is 5.92 Å². The van der Waals surface area contributed by atoms with Crippen LogP contribution < -0.4 is 5.32 Å². The molecule has 0 aromatic rings. The topological polar surface area (TPSA) is 45.0 Å². The van der Waals surface area contributed by atoms with Crippen LogP contribution in [-0.4, -0.2) is 25.8 Å². The van der Waals surface area contributed by atoms with E-state index in [-0.39, 0.29) is 6.04 Å². The van der Waals surface area contributed by atoms with Crippen molar-refractivity contribution in [3.8, 4) is 6.07 Å². The van der Waals surface area contributed by atoms with Gasteiger partial charge in [-0.15, -0.1) is 0 Å². The molecule has 0 radical (unpaired) electrons. The molecule has 1 fully saturated rings. The third kappa shape index (κ3) is 5.15. The molecule has 1 N–H and O–H groups in total. The normalized spacial score (nSPS) is 18.9. The highest BCUT2D eigenvalue weighted by Crippen LogP contribution is 2.24. The fraction of sp³-hybridized carbons (Fsp3) is 0.917. The Morgan fingerprint density at radius 3 is 2.80 bits per heavy atom. The van der Waals surface area contributed by atoms with E-state index in [9.17, 15) is 0 Å². The summed E-state index contributed by atoms with van der Waals surface area (Å²) in [4.78, 5) is 0. The molecule has 3 heteroatoms. The third-order valence-corrected chi connectivity index (χ3v) is 2.91. The number of rotatable bonds is 7. The largest absolute Gasteiger partial charge is 0.378 e. The van der Waals surface area contributed by atoms with Crippen molar-refractivity contribution >= 4 is 0 Å². The molecule has 0 aliphatic heterocycles. The molecule has 0 amide bonds. The van der Waals surface area contributed by atoms with Crippen molar-refractivity contribution in [1.82, 2.24) is 5.32 Å². The Hall–Kier alpha value is -0.590. The fourth-order valence-corrected chi connectivity index (χ4v) is 1.99. The van der Waals surface area contributed by atoms with Gasteiger partial charge in [0.25, 0.3) is 0 Å². The van der Waals surface area contributed by atoms with Crippen molar-refractivity contribution in [2.75, 3.05) is 19.8 Å². The van der Waals surface area contributed by atoms with Gasteiger partial charge in [-0.05, 0) is 31.7 Å². The molecule has 1 aliphatic carbocycles. The molecule has 3 nitrogen and oxygen atoms in total. The van der Waals surface area contributed by atoms with E-state index in [4.69, 9.17) is 10.00 Å². The molecule has 15 heavy (non-hydrogen) atoms. The lowest BCUT2D eigenvalue weighted by atomic mass is 10.1. The minimum absolute atomic E-state index is 0.133.